The van der Waals surface area contributed by atoms with Crippen molar-refractivity contribution in [2.24, 2.45) is 0 Å². The average molecular weight is 489 g/mol. The summed E-state index contributed by atoms with van der Waals surface area (Å²) in [5, 5.41) is 2.08. The largest absolute Gasteiger partial charge is 0.0843 e. The number of hydrogen-bond acceptors (Lipinski definition) is 0. The lowest BCUT2D eigenvalue weighted by Gasteiger charge is -2.19. The highest BCUT2D eigenvalue weighted by atomic mass is 79.9. The van der Waals surface area contributed by atoms with Crippen LogP contribution in [0.2, 0.25) is 15.1 Å². The average Bonchev–Trinajstić information content (AvgIpc) is 2.69. The molecular weight excluding hydrogens is 475 g/mol. The van der Waals surface area contributed by atoms with Gasteiger partial charge in [-0.2, -0.15) is 0 Å². The molecule has 0 unspecified atom stereocenters. The Kier molecular flexibility index (Phi) is 5.80. The summed E-state index contributed by atoms with van der Waals surface area (Å²) < 4.78 is 0.966. The van der Waals surface area contributed by atoms with Crippen LogP contribution >= 0.6 is 50.7 Å². The molecule has 0 N–H and O–H groups in total. The second kappa shape index (κ2) is 8.31. The number of hydrogen-bond donors (Lipinski definition) is 0. The van der Waals surface area contributed by atoms with Crippen molar-refractivity contribution in [2.75, 3.05) is 0 Å². The Labute approximate surface area is 187 Å². The van der Waals surface area contributed by atoms with E-state index >= 15 is 0 Å². The lowest BCUT2D eigenvalue weighted by atomic mass is 9.87. The molecule has 0 aliphatic heterocycles. The molecule has 0 aromatic heterocycles. The van der Waals surface area contributed by atoms with Crippen LogP contribution in [0.15, 0.2) is 89.4 Å². The van der Waals surface area contributed by atoms with Gasteiger partial charge in [-0.05, 0) is 58.7 Å². The Bertz CT molecular complexity index is 1150. The molecule has 0 atom stereocenters. The molecule has 4 heteroatoms. The zero-order valence-electron chi connectivity index (χ0n) is 14.6. The van der Waals surface area contributed by atoms with Crippen LogP contribution in [0.25, 0.3) is 33.4 Å². The number of rotatable bonds is 3. The molecule has 0 fully saturated rings. The number of halogens is 4. The van der Waals surface area contributed by atoms with Crippen LogP contribution in [0.3, 0.4) is 0 Å². The summed E-state index contributed by atoms with van der Waals surface area (Å²) >= 11 is 22.8. The molecule has 28 heavy (non-hydrogen) atoms. The predicted molar refractivity (Wildman–Crippen MR) is 125 cm³/mol. The summed E-state index contributed by atoms with van der Waals surface area (Å²) in [7, 11) is 0. The first-order chi connectivity index (χ1) is 13.5. The second-order valence-corrected chi connectivity index (χ2v) is 8.48. The molecule has 0 aliphatic carbocycles. The molecule has 138 valence electrons. The van der Waals surface area contributed by atoms with Gasteiger partial charge in [-0.15, -0.1) is 0 Å². The van der Waals surface area contributed by atoms with Crippen molar-refractivity contribution in [2.45, 2.75) is 0 Å². The summed E-state index contributed by atoms with van der Waals surface area (Å²) in [4.78, 5) is 0. The topological polar surface area (TPSA) is 0 Å². The van der Waals surface area contributed by atoms with Gasteiger partial charge in [0.25, 0.3) is 0 Å². The Morgan fingerprint density at radius 1 is 0.536 bits per heavy atom. The molecule has 0 aliphatic rings. The first-order valence-corrected chi connectivity index (χ1v) is 10.6. The highest BCUT2D eigenvalue weighted by Gasteiger charge is 2.19. The lowest BCUT2D eigenvalue weighted by Crippen LogP contribution is -1.93. The molecule has 0 bridgehead atoms. The third kappa shape index (κ3) is 3.86. The van der Waals surface area contributed by atoms with Gasteiger partial charge in [0.2, 0.25) is 0 Å². The summed E-state index contributed by atoms with van der Waals surface area (Å²) in [6, 6.07) is 27.7. The second-order valence-electron chi connectivity index (χ2n) is 6.34. The van der Waals surface area contributed by atoms with Gasteiger partial charge in [0, 0.05) is 30.7 Å². The molecule has 0 saturated heterocycles. The van der Waals surface area contributed by atoms with Gasteiger partial charge < -0.3 is 0 Å². The van der Waals surface area contributed by atoms with Crippen molar-refractivity contribution >= 4 is 50.7 Å². The van der Waals surface area contributed by atoms with Crippen LogP contribution in [0.4, 0.5) is 0 Å². The minimum Gasteiger partial charge on any atom is -0.0843 e. The van der Waals surface area contributed by atoms with Gasteiger partial charge in [0.1, 0.15) is 0 Å². The van der Waals surface area contributed by atoms with Gasteiger partial charge in [0.05, 0.1) is 0 Å². The van der Waals surface area contributed by atoms with E-state index in [1.807, 2.05) is 66.7 Å². The molecular formula is C24H14BrCl3. The van der Waals surface area contributed by atoms with Gasteiger partial charge in [0.15, 0.2) is 0 Å². The van der Waals surface area contributed by atoms with Gasteiger partial charge in [-0.3, -0.25) is 0 Å². The fourth-order valence-electron chi connectivity index (χ4n) is 3.32. The molecule has 0 nitrogen and oxygen atoms in total. The van der Waals surface area contributed by atoms with Crippen molar-refractivity contribution in [3.05, 3.63) is 104 Å². The van der Waals surface area contributed by atoms with E-state index in [2.05, 4.69) is 34.1 Å². The third-order valence-corrected chi connectivity index (χ3v) is 6.04. The first kappa shape index (κ1) is 19.5. The van der Waals surface area contributed by atoms with Crippen LogP contribution in [0.1, 0.15) is 0 Å². The lowest BCUT2D eigenvalue weighted by molar-refractivity contribution is 1.53. The summed E-state index contributed by atoms with van der Waals surface area (Å²) in [5.74, 6) is 0. The smallest absolute Gasteiger partial charge is 0.0485 e. The molecule has 0 heterocycles. The fourth-order valence-corrected chi connectivity index (χ4v) is 4.41. The van der Waals surface area contributed by atoms with Crippen LogP contribution in [0.5, 0.6) is 0 Å². The summed E-state index contributed by atoms with van der Waals surface area (Å²) in [5.41, 5.74) is 6.22. The Morgan fingerprint density at radius 3 is 2.00 bits per heavy atom. The molecule has 4 rings (SSSR count). The minimum absolute atomic E-state index is 0.685. The van der Waals surface area contributed by atoms with Crippen molar-refractivity contribution < 1.29 is 0 Å². The standard InChI is InChI=1S/C24H14BrCl3/c25-21-13-12-19(15-8-10-17(26)11-9-15)23(16-4-3-5-18(27)14-16)24(21)20-6-1-2-7-22(20)28/h1-14H. The Morgan fingerprint density at radius 2 is 1.29 bits per heavy atom. The third-order valence-electron chi connectivity index (χ3n) is 4.57. The normalized spacial score (nSPS) is 10.9. The van der Waals surface area contributed by atoms with Crippen LogP contribution < -0.4 is 0 Å². The van der Waals surface area contributed by atoms with E-state index in [4.69, 9.17) is 34.8 Å². The van der Waals surface area contributed by atoms with E-state index in [0.717, 1.165) is 37.9 Å². The van der Waals surface area contributed by atoms with E-state index < -0.39 is 0 Å². The number of benzene rings is 4. The van der Waals surface area contributed by atoms with Crippen LogP contribution in [0, 0.1) is 0 Å². The van der Waals surface area contributed by atoms with Crippen molar-refractivity contribution in [3.8, 4) is 33.4 Å². The van der Waals surface area contributed by atoms with Crippen LogP contribution in [-0.4, -0.2) is 0 Å². The van der Waals surface area contributed by atoms with Gasteiger partial charge in [-0.1, -0.05) is 99.3 Å². The van der Waals surface area contributed by atoms with Crippen molar-refractivity contribution in [3.63, 3.8) is 0 Å². The SMILES string of the molecule is Clc1ccc(-c2ccc(Br)c(-c3ccccc3Cl)c2-c2cccc(Cl)c2)cc1. The Hall–Kier alpha value is -1.77. The quantitative estimate of drug-likeness (QED) is 0.269. The maximum Gasteiger partial charge on any atom is 0.0485 e. The zero-order chi connectivity index (χ0) is 19.7. The minimum atomic E-state index is 0.685. The maximum atomic E-state index is 6.58. The molecule has 0 spiro atoms. The van der Waals surface area contributed by atoms with Gasteiger partial charge in [-0.25, -0.2) is 0 Å². The predicted octanol–water partition coefficient (Wildman–Crippen LogP) is 9.41. The highest BCUT2D eigenvalue weighted by Crippen LogP contribution is 2.46. The molecule has 4 aromatic carbocycles. The molecule has 0 amide bonds. The monoisotopic (exact) mass is 486 g/mol. The van der Waals surface area contributed by atoms with E-state index in [1.165, 1.54) is 0 Å². The van der Waals surface area contributed by atoms with Crippen molar-refractivity contribution in [1.82, 2.24) is 0 Å². The van der Waals surface area contributed by atoms with E-state index in [9.17, 15) is 0 Å². The highest BCUT2D eigenvalue weighted by molar-refractivity contribution is 9.10. The zero-order valence-corrected chi connectivity index (χ0v) is 18.4. The molecule has 0 radical (unpaired) electrons. The summed E-state index contributed by atoms with van der Waals surface area (Å²) in [6.07, 6.45) is 0. The first-order valence-electron chi connectivity index (χ1n) is 8.64. The molecule has 4 aromatic rings. The Balaban J connectivity index is 2.10. The maximum absolute atomic E-state index is 6.58. The summed E-state index contributed by atoms with van der Waals surface area (Å²) in [6.45, 7) is 0. The van der Waals surface area contributed by atoms with E-state index in [0.29, 0.717) is 15.1 Å². The molecule has 0 saturated carbocycles. The van der Waals surface area contributed by atoms with E-state index in [1.54, 1.807) is 0 Å². The van der Waals surface area contributed by atoms with E-state index in [-0.39, 0.29) is 0 Å². The van der Waals surface area contributed by atoms with Crippen LogP contribution in [-0.2, 0) is 0 Å². The van der Waals surface area contributed by atoms with Gasteiger partial charge >= 0.3 is 0 Å². The van der Waals surface area contributed by atoms with Crippen molar-refractivity contribution in [1.29, 1.82) is 0 Å². The fraction of sp³-hybridized carbons (Fsp3) is 0.